The fourth-order valence-electron chi connectivity index (χ4n) is 3.55. The molecule has 0 heterocycles. The first kappa shape index (κ1) is 13.8. The maximum absolute atomic E-state index is 11.2. The second-order valence-electron chi connectivity index (χ2n) is 6.17. The van der Waals surface area contributed by atoms with E-state index in [1.54, 1.807) is 0 Å². The summed E-state index contributed by atoms with van der Waals surface area (Å²) in [5.41, 5.74) is 4.98. The Hall–Kier alpha value is -0.610. The molecule has 0 bridgehead atoms. The van der Waals surface area contributed by atoms with Gasteiger partial charge in [-0.3, -0.25) is 4.79 Å². The molecule has 0 radical (unpaired) electrons. The highest BCUT2D eigenvalue weighted by Crippen LogP contribution is 2.34. The predicted molar refractivity (Wildman–Crippen MR) is 71.4 cm³/mol. The molecular weight excluding hydrogens is 228 g/mol. The van der Waals surface area contributed by atoms with E-state index in [0.29, 0.717) is 24.9 Å². The van der Waals surface area contributed by atoms with Crippen molar-refractivity contribution < 1.29 is 9.90 Å². The molecule has 0 amide bonds. The zero-order valence-corrected chi connectivity index (χ0v) is 11.4. The van der Waals surface area contributed by atoms with E-state index in [9.17, 15) is 9.90 Å². The third-order valence-corrected chi connectivity index (χ3v) is 4.93. The number of carbonyl (C=O) groups is 1. The second kappa shape index (κ2) is 5.57. The monoisotopic (exact) mass is 254 g/mol. The molecule has 2 saturated carbocycles. The van der Waals surface area contributed by atoms with Crippen LogP contribution >= 0.6 is 0 Å². The van der Waals surface area contributed by atoms with E-state index in [1.165, 1.54) is 38.5 Å². The Morgan fingerprint density at radius 2 is 1.78 bits per heavy atom. The molecule has 2 unspecified atom stereocenters. The van der Waals surface area contributed by atoms with Crippen molar-refractivity contribution in [3.63, 3.8) is 0 Å². The summed E-state index contributed by atoms with van der Waals surface area (Å²) in [5.74, 6) is -0.834. The van der Waals surface area contributed by atoms with Crippen molar-refractivity contribution in [2.24, 2.45) is 5.73 Å². The van der Waals surface area contributed by atoms with E-state index >= 15 is 0 Å². The molecule has 4 nitrogen and oxygen atoms in total. The van der Waals surface area contributed by atoms with Gasteiger partial charge in [0.25, 0.3) is 0 Å². The number of nitrogens with zero attached hydrogens (tertiary/aromatic N) is 1. The molecule has 2 rings (SSSR count). The Balaban J connectivity index is 1.93. The summed E-state index contributed by atoms with van der Waals surface area (Å²) in [4.78, 5) is 13.6. The van der Waals surface area contributed by atoms with E-state index in [0.717, 1.165) is 6.42 Å². The first-order chi connectivity index (χ1) is 8.53. The Morgan fingerprint density at radius 3 is 2.28 bits per heavy atom. The summed E-state index contributed by atoms with van der Waals surface area (Å²) in [6, 6.07) is 0.989. The van der Waals surface area contributed by atoms with Gasteiger partial charge < -0.3 is 15.7 Å². The molecule has 3 N–H and O–H groups in total. The molecular formula is C14H26N2O2. The van der Waals surface area contributed by atoms with Gasteiger partial charge in [0.15, 0.2) is 0 Å². The smallest absolute Gasteiger partial charge is 0.323 e. The summed E-state index contributed by atoms with van der Waals surface area (Å²) in [6.07, 6.45) is 10.0. The summed E-state index contributed by atoms with van der Waals surface area (Å²) in [5, 5.41) is 9.18. The number of hydrogen-bond acceptors (Lipinski definition) is 3. The van der Waals surface area contributed by atoms with E-state index in [1.807, 2.05) is 0 Å². The van der Waals surface area contributed by atoms with E-state index in [2.05, 4.69) is 11.9 Å². The van der Waals surface area contributed by atoms with E-state index < -0.39 is 11.5 Å². The first-order valence-electron chi connectivity index (χ1n) is 7.27. The average molecular weight is 254 g/mol. The lowest BCUT2D eigenvalue weighted by Crippen LogP contribution is -2.48. The molecule has 0 aromatic carbocycles. The molecule has 0 aromatic rings. The van der Waals surface area contributed by atoms with Crippen LogP contribution in [-0.4, -0.2) is 40.6 Å². The van der Waals surface area contributed by atoms with Gasteiger partial charge in [0.05, 0.1) is 0 Å². The van der Waals surface area contributed by atoms with Crippen LogP contribution in [0.2, 0.25) is 0 Å². The molecule has 2 aliphatic carbocycles. The van der Waals surface area contributed by atoms with Crippen LogP contribution in [0.1, 0.15) is 57.8 Å². The quantitative estimate of drug-likeness (QED) is 0.756. The van der Waals surface area contributed by atoms with Crippen LogP contribution in [0.5, 0.6) is 0 Å². The maximum atomic E-state index is 11.2. The van der Waals surface area contributed by atoms with Crippen molar-refractivity contribution >= 4 is 5.97 Å². The van der Waals surface area contributed by atoms with E-state index in [-0.39, 0.29) is 0 Å². The molecule has 0 aliphatic heterocycles. The van der Waals surface area contributed by atoms with Crippen molar-refractivity contribution in [1.82, 2.24) is 4.90 Å². The molecule has 2 aliphatic rings. The van der Waals surface area contributed by atoms with Gasteiger partial charge in [0.2, 0.25) is 0 Å². The van der Waals surface area contributed by atoms with Crippen molar-refractivity contribution in [3.8, 4) is 0 Å². The van der Waals surface area contributed by atoms with Crippen LogP contribution in [0.3, 0.4) is 0 Å². The van der Waals surface area contributed by atoms with Crippen molar-refractivity contribution in [2.75, 3.05) is 7.05 Å². The Labute approximate surface area is 110 Å². The maximum Gasteiger partial charge on any atom is 0.323 e. The number of rotatable bonds is 3. The third-order valence-electron chi connectivity index (χ3n) is 4.93. The Bertz CT molecular complexity index is 300. The highest BCUT2D eigenvalue weighted by molar-refractivity contribution is 5.79. The molecule has 2 fully saturated rings. The molecule has 18 heavy (non-hydrogen) atoms. The number of nitrogens with two attached hydrogens (primary N) is 1. The SMILES string of the molecule is CN(C1CCCCCC1)C1CCC(N)(C(=O)O)C1. The van der Waals surface area contributed by atoms with Crippen LogP contribution < -0.4 is 5.73 Å². The lowest BCUT2D eigenvalue weighted by molar-refractivity contribution is -0.143. The number of carboxylic acid groups (broad SMARTS) is 1. The minimum Gasteiger partial charge on any atom is -0.480 e. The minimum atomic E-state index is -0.982. The van der Waals surface area contributed by atoms with Crippen LogP contribution in [0.15, 0.2) is 0 Å². The average Bonchev–Trinajstić information content (AvgIpc) is 2.59. The van der Waals surface area contributed by atoms with E-state index in [4.69, 9.17) is 5.73 Å². The molecule has 0 saturated heterocycles. The molecule has 4 heteroatoms. The van der Waals surface area contributed by atoms with Gasteiger partial charge in [-0.1, -0.05) is 25.7 Å². The largest absolute Gasteiger partial charge is 0.480 e. The third kappa shape index (κ3) is 2.86. The standard InChI is InChI=1S/C14H26N2O2/c1-16(11-6-4-2-3-5-7-11)12-8-9-14(15,10-12)13(17)18/h11-12H,2-10,15H2,1H3,(H,17,18). The van der Waals surface area contributed by atoms with Crippen molar-refractivity contribution in [3.05, 3.63) is 0 Å². The number of aliphatic carboxylic acids is 1. The summed E-state index contributed by atoms with van der Waals surface area (Å²) >= 11 is 0. The van der Waals surface area contributed by atoms with Crippen molar-refractivity contribution in [1.29, 1.82) is 0 Å². The molecule has 0 aromatic heterocycles. The highest BCUT2D eigenvalue weighted by Gasteiger charge is 2.44. The lowest BCUT2D eigenvalue weighted by Gasteiger charge is -2.33. The molecule has 104 valence electrons. The van der Waals surface area contributed by atoms with Gasteiger partial charge in [-0.15, -0.1) is 0 Å². The summed E-state index contributed by atoms with van der Waals surface area (Å²) in [7, 11) is 2.16. The summed E-state index contributed by atoms with van der Waals surface area (Å²) < 4.78 is 0. The Kier molecular flexibility index (Phi) is 4.28. The molecule has 0 spiro atoms. The van der Waals surface area contributed by atoms with Crippen molar-refractivity contribution in [2.45, 2.75) is 75.4 Å². The topological polar surface area (TPSA) is 66.6 Å². The Morgan fingerprint density at radius 1 is 1.17 bits per heavy atom. The fourth-order valence-corrected chi connectivity index (χ4v) is 3.55. The highest BCUT2D eigenvalue weighted by atomic mass is 16.4. The first-order valence-corrected chi connectivity index (χ1v) is 7.27. The van der Waals surface area contributed by atoms with Gasteiger partial charge in [0.1, 0.15) is 5.54 Å². The van der Waals surface area contributed by atoms with Crippen LogP contribution in [-0.2, 0) is 4.79 Å². The van der Waals surface area contributed by atoms with Gasteiger partial charge in [-0.2, -0.15) is 0 Å². The minimum absolute atomic E-state index is 0.356. The zero-order chi connectivity index (χ0) is 13.2. The predicted octanol–water partition coefficient (Wildman–Crippen LogP) is 1.98. The molecule has 2 atom stereocenters. The second-order valence-corrected chi connectivity index (χ2v) is 6.17. The normalized spacial score (nSPS) is 34.7. The van der Waals surface area contributed by atoms with Crippen LogP contribution in [0.4, 0.5) is 0 Å². The number of hydrogen-bond donors (Lipinski definition) is 2. The summed E-state index contributed by atoms with van der Waals surface area (Å²) in [6.45, 7) is 0. The fraction of sp³-hybridized carbons (Fsp3) is 0.929. The zero-order valence-electron chi connectivity index (χ0n) is 11.4. The van der Waals surface area contributed by atoms with Crippen LogP contribution in [0, 0.1) is 0 Å². The van der Waals surface area contributed by atoms with Gasteiger partial charge in [0, 0.05) is 12.1 Å². The van der Waals surface area contributed by atoms with Crippen LogP contribution in [0.25, 0.3) is 0 Å². The number of carboxylic acids is 1. The van der Waals surface area contributed by atoms with Gasteiger partial charge in [-0.25, -0.2) is 0 Å². The lowest BCUT2D eigenvalue weighted by atomic mass is 9.98. The van der Waals surface area contributed by atoms with Gasteiger partial charge >= 0.3 is 5.97 Å². The van der Waals surface area contributed by atoms with Gasteiger partial charge in [-0.05, 0) is 39.2 Å².